The fourth-order valence-corrected chi connectivity index (χ4v) is 4.32. The van der Waals surface area contributed by atoms with Crippen molar-refractivity contribution in [3.8, 4) is 0 Å². The summed E-state index contributed by atoms with van der Waals surface area (Å²) in [5.74, 6) is 0.532. The lowest BCUT2D eigenvalue weighted by atomic mass is 9.81. The van der Waals surface area contributed by atoms with Crippen molar-refractivity contribution in [2.45, 2.75) is 44.6 Å². The first kappa shape index (κ1) is 14.8. The molecule has 1 saturated heterocycles. The first-order valence-electron chi connectivity index (χ1n) is 8.66. The minimum absolute atomic E-state index is 0.148. The third kappa shape index (κ3) is 2.55. The number of aryl methyl sites for hydroxylation is 1. The molecule has 3 heterocycles. The summed E-state index contributed by atoms with van der Waals surface area (Å²) in [6.07, 6.45) is 3.93. The predicted molar refractivity (Wildman–Crippen MR) is 90.3 cm³/mol. The smallest absolute Gasteiger partial charge is 0.227 e. The molecule has 0 spiro atoms. The van der Waals surface area contributed by atoms with E-state index in [-0.39, 0.29) is 5.91 Å². The van der Waals surface area contributed by atoms with Crippen LogP contribution in [0.1, 0.15) is 37.4 Å². The SMILES string of the molecule is CC[C@@]1(O)C[C@H]2CCc3[nH]c4ccccc4c3CC(=O)N(C2)C1. The maximum absolute atomic E-state index is 12.8. The fourth-order valence-electron chi connectivity index (χ4n) is 4.32. The van der Waals surface area contributed by atoms with Gasteiger partial charge in [-0.15, -0.1) is 0 Å². The molecule has 4 rings (SSSR count). The Morgan fingerprint density at radius 1 is 1.39 bits per heavy atom. The Balaban J connectivity index is 1.73. The van der Waals surface area contributed by atoms with Gasteiger partial charge in [0.1, 0.15) is 0 Å². The summed E-state index contributed by atoms with van der Waals surface area (Å²) in [6, 6.07) is 8.23. The van der Waals surface area contributed by atoms with Crippen LogP contribution in [-0.2, 0) is 17.6 Å². The Morgan fingerprint density at radius 3 is 3.04 bits per heavy atom. The van der Waals surface area contributed by atoms with Crippen molar-refractivity contribution < 1.29 is 9.90 Å². The van der Waals surface area contributed by atoms with Gasteiger partial charge in [-0.05, 0) is 43.2 Å². The van der Waals surface area contributed by atoms with Gasteiger partial charge in [0.05, 0.1) is 12.0 Å². The molecule has 2 aromatic rings. The number of carbonyl (C=O) groups is 1. The Bertz CT molecular complexity index is 751. The zero-order valence-corrected chi connectivity index (χ0v) is 13.6. The van der Waals surface area contributed by atoms with E-state index in [0.29, 0.717) is 25.3 Å². The molecule has 4 heteroatoms. The van der Waals surface area contributed by atoms with Gasteiger partial charge in [-0.2, -0.15) is 0 Å². The average Bonchev–Trinajstić information content (AvgIpc) is 2.91. The highest BCUT2D eigenvalue weighted by atomic mass is 16.3. The molecule has 1 amide bonds. The highest BCUT2D eigenvalue weighted by Crippen LogP contribution is 2.34. The van der Waals surface area contributed by atoms with E-state index in [2.05, 4.69) is 17.1 Å². The monoisotopic (exact) mass is 312 g/mol. The quantitative estimate of drug-likeness (QED) is 0.850. The molecule has 2 atom stereocenters. The van der Waals surface area contributed by atoms with E-state index < -0.39 is 5.60 Å². The zero-order chi connectivity index (χ0) is 16.0. The van der Waals surface area contributed by atoms with Crippen LogP contribution in [0, 0.1) is 5.92 Å². The molecule has 0 unspecified atom stereocenters. The standard InChI is InChI=1S/C19H24N2O2/c1-2-19(23)10-13-7-8-17-15(9-18(22)21(11-13)12-19)14-5-3-4-6-16(14)20-17/h3-6,13,20,23H,2,7-12H2,1H3/t13-,19-/m1/s1. The number of aliphatic hydroxyl groups is 1. The number of carbonyl (C=O) groups excluding carboxylic acids is 1. The van der Waals surface area contributed by atoms with E-state index in [0.717, 1.165) is 36.9 Å². The van der Waals surface area contributed by atoms with Crippen LogP contribution in [0.25, 0.3) is 10.9 Å². The molecule has 122 valence electrons. The topological polar surface area (TPSA) is 56.3 Å². The summed E-state index contributed by atoms with van der Waals surface area (Å²) in [7, 11) is 0. The van der Waals surface area contributed by atoms with Gasteiger partial charge in [-0.1, -0.05) is 25.1 Å². The molecule has 1 fully saturated rings. The van der Waals surface area contributed by atoms with Crippen molar-refractivity contribution in [3.05, 3.63) is 35.5 Å². The molecule has 1 aromatic carbocycles. The molecule has 1 aromatic heterocycles. The largest absolute Gasteiger partial charge is 0.388 e. The van der Waals surface area contributed by atoms with E-state index >= 15 is 0 Å². The second kappa shape index (κ2) is 5.38. The van der Waals surface area contributed by atoms with E-state index in [9.17, 15) is 9.90 Å². The molecular formula is C19H24N2O2. The van der Waals surface area contributed by atoms with Crippen LogP contribution in [0.2, 0.25) is 0 Å². The minimum atomic E-state index is -0.710. The van der Waals surface area contributed by atoms with Crippen LogP contribution in [0.4, 0.5) is 0 Å². The van der Waals surface area contributed by atoms with Gasteiger partial charge in [0.15, 0.2) is 0 Å². The highest BCUT2D eigenvalue weighted by molar-refractivity contribution is 5.90. The van der Waals surface area contributed by atoms with Crippen molar-refractivity contribution in [1.29, 1.82) is 0 Å². The lowest BCUT2D eigenvalue weighted by molar-refractivity contribution is -0.140. The predicted octanol–water partition coefficient (Wildman–Crippen LogP) is 2.65. The van der Waals surface area contributed by atoms with E-state index in [1.54, 1.807) is 0 Å². The number of nitrogens with zero attached hydrogens (tertiary/aromatic N) is 1. The molecule has 0 radical (unpaired) electrons. The van der Waals surface area contributed by atoms with Crippen molar-refractivity contribution in [2.24, 2.45) is 5.92 Å². The molecule has 4 nitrogen and oxygen atoms in total. The van der Waals surface area contributed by atoms with Crippen LogP contribution in [0.3, 0.4) is 0 Å². The van der Waals surface area contributed by atoms with Gasteiger partial charge in [-0.25, -0.2) is 0 Å². The summed E-state index contributed by atoms with van der Waals surface area (Å²) < 4.78 is 0. The minimum Gasteiger partial charge on any atom is -0.388 e. The number of hydrogen-bond acceptors (Lipinski definition) is 2. The summed E-state index contributed by atoms with van der Waals surface area (Å²) >= 11 is 0. The number of benzene rings is 1. The maximum Gasteiger partial charge on any atom is 0.227 e. The second-order valence-electron chi connectivity index (χ2n) is 7.27. The lowest BCUT2D eigenvalue weighted by Crippen LogP contribution is -2.53. The van der Waals surface area contributed by atoms with Gasteiger partial charge >= 0.3 is 0 Å². The number of rotatable bonds is 1. The molecule has 23 heavy (non-hydrogen) atoms. The number of amides is 1. The second-order valence-corrected chi connectivity index (χ2v) is 7.27. The van der Waals surface area contributed by atoms with E-state index in [1.807, 2.05) is 24.0 Å². The third-order valence-corrected chi connectivity index (χ3v) is 5.68. The van der Waals surface area contributed by atoms with Crippen molar-refractivity contribution in [3.63, 3.8) is 0 Å². The highest BCUT2D eigenvalue weighted by Gasteiger charge is 2.39. The van der Waals surface area contributed by atoms with Crippen molar-refractivity contribution >= 4 is 16.8 Å². The first-order valence-corrected chi connectivity index (χ1v) is 8.66. The first-order chi connectivity index (χ1) is 11.1. The molecule has 2 aliphatic rings. The Labute approximate surface area is 136 Å². The van der Waals surface area contributed by atoms with Gasteiger partial charge in [0.2, 0.25) is 5.91 Å². The number of aromatic nitrogens is 1. The normalized spacial score (nSPS) is 28.2. The summed E-state index contributed by atoms with van der Waals surface area (Å²) in [6.45, 7) is 3.29. The van der Waals surface area contributed by atoms with Gasteiger partial charge < -0.3 is 15.0 Å². The Morgan fingerprint density at radius 2 is 2.22 bits per heavy atom. The molecule has 2 N–H and O–H groups in total. The van der Waals surface area contributed by atoms with Crippen molar-refractivity contribution in [2.75, 3.05) is 13.1 Å². The van der Waals surface area contributed by atoms with Gasteiger partial charge in [0, 0.05) is 29.7 Å². The number of H-pyrrole nitrogens is 1. The summed E-state index contributed by atoms with van der Waals surface area (Å²) in [5, 5.41) is 11.9. The van der Waals surface area contributed by atoms with Crippen molar-refractivity contribution in [1.82, 2.24) is 9.88 Å². The Kier molecular flexibility index (Phi) is 3.45. The summed E-state index contributed by atoms with van der Waals surface area (Å²) in [5.41, 5.74) is 2.77. The molecular weight excluding hydrogens is 288 g/mol. The Hall–Kier alpha value is -1.81. The number of aromatic amines is 1. The third-order valence-electron chi connectivity index (χ3n) is 5.68. The molecule has 2 bridgehead atoms. The number of piperidine rings is 1. The number of hydrogen-bond donors (Lipinski definition) is 2. The summed E-state index contributed by atoms with van der Waals surface area (Å²) in [4.78, 5) is 18.3. The van der Waals surface area contributed by atoms with Crippen LogP contribution in [-0.4, -0.2) is 39.6 Å². The maximum atomic E-state index is 12.8. The molecule has 0 saturated carbocycles. The lowest BCUT2D eigenvalue weighted by Gasteiger charge is -2.42. The van der Waals surface area contributed by atoms with Crippen LogP contribution in [0.15, 0.2) is 24.3 Å². The zero-order valence-electron chi connectivity index (χ0n) is 13.6. The number of nitrogens with one attached hydrogen (secondary N) is 1. The molecule has 0 aliphatic carbocycles. The average molecular weight is 312 g/mol. The van der Waals surface area contributed by atoms with E-state index in [4.69, 9.17) is 0 Å². The fraction of sp³-hybridized carbons (Fsp3) is 0.526. The number of fused-ring (bicyclic) bond motifs is 5. The number of para-hydroxylation sites is 1. The van der Waals surface area contributed by atoms with Crippen LogP contribution >= 0.6 is 0 Å². The van der Waals surface area contributed by atoms with Crippen LogP contribution in [0.5, 0.6) is 0 Å². The van der Waals surface area contributed by atoms with Crippen LogP contribution < -0.4 is 0 Å². The van der Waals surface area contributed by atoms with Gasteiger partial charge in [-0.3, -0.25) is 4.79 Å². The van der Waals surface area contributed by atoms with E-state index in [1.165, 1.54) is 11.1 Å². The van der Waals surface area contributed by atoms with Gasteiger partial charge in [0.25, 0.3) is 0 Å². The molecule has 2 aliphatic heterocycles.